The van der Waals surface area contributed by atoms with Crippen LogP contribution in [0.4, 0.5) is 0 Å². The summed E-state index contributed by atoms with van der Waals surface area (Å²) in [4.78, 5) is 4.59. The van der Waals surface area contributed by atoms with Crippen LogP contribution in [0.25, 0.3) is 0 Å². The van der Waals surface area contributed by atoms with Crippen LogP contribution in [0.15, 0.2) is 11.4 Å². The van der Waals surface area contributed by atoms with Crippen LogP contribution in [0.1, 0.15) is 48.9 Å². The SMILES string of the molecule is CCNC(Cc1csc(C)n1)c1cc(CC)nn1CC. The van der Waals surface area contributed by atoms with Crippen molar-refractivity contribution in [3.05, 3.63) is 33.5 Å². The van der Waals surface area contributed by atoms with Crippen molar-refractivity contribution in [2.45, 2.75) is 53.1 Å². The minimum Gasteiger partial charge on any atom is -0.309 e. The molecule has 2 heterocycles. The molecule has 110 valence electrons. The zero-order valence-corrected chi connectivity index (χ0v) is 13.6. The van der Waals surface area contributed by atoms with Crippen LogP contribution in [-0.4, -0.2) is 21.3 Å². The lowest BCUT2D eigenvalue weighted by atomic mass is 10.1. The van der Waals surface area contributed by atoms with Crippen molar-refractivity contribution in [1.82, 2.24) is 20.1 Å². The number of aryl methyl sites for hydroxylation is 3. The third kappa shape index (κ3) is 3.46. The van der Waals surface area contributed by atoms with E-state index in [4.69, 9.17) is 0 Å². The number of hydrogen-bond donors (Lipinski definition) is 1. The van der Waals surface area contributed by atoms with Gasteiger partial charge in [-0.3, -0.25) is 4.68 Å². The van der Waals surface area contributed by atoms with Gasteiger partial charge in [0, 0.05) is 18.3 Å². The molecule has 2 aromatic rings. The van der Waals surface area contributed by atoms with Crippen LogP contribution in [0, 0.1) is 6.92 Å². The Kier molecular flexibility index (Phi) is 5.31. The topological polar surface area (TPSA) is 42.7 Å². The third-order valence-electron chi connectivity index (χ3n) is 3.41. The van der Waals surface area contributed by atoms with E-state index < -0.39 is 0 Å². The first kappa shape index (κ1) is 15.2. The normalized spacial score (nSPS) is 12.8. The van der Waals surface area contributed by atoms with Gasteiger partial charge in [0.25, 0.3) is 0 Å². The molecule has 0 saturated carbocycles. The second-order valence-electron chi connectivity index (χ2n) is 4.90. The van der Waals surface area contributed by atoms with Gasteiger partial charge >= 0.3 is 0 Å². The molecule has 0 radical (unpaired) electrons. The van der Waals surface area contributed by atoms with Crippen molar-refractivity contribution in [2.75, 3.05) is 6.54 Å². The Hall–Kier alpha value is -1.20. The predicted octanol–water partition coefficient (Wildman–Crippen LogP) is 3.12. The molecule has 0 aliphatic carbocycles. The number of nitrogens with zero attached hydrogens (tertiary/aromatic N) is 3. The van der Waals surface area contributed by atoms with Gasteiger partial charge in [-0.1, -0.05) is 13.8 Å². The molecule has 2 rings (SSSR count). The maximum atomic E-state index is 4.66. The highest BCUT2D eigenvalue weighted by atomic mass is 32.1. The highest BCUT2D eigenvalue weighted by Crippen LogP contribution is 2.21. The van der Waals surface area contributed by atoms with E-state index in [9.17, 15) is 0 Å². The fraction of sp³-hybridized carbons (Fsp3) is 0.600. The number of rotatable bonds is 7. The fourth-order valence-corrected chi connectivity index (χ4v) is 3.06. The van der Waals surface area contributed by atoms with Gasteiger partial charge in [-0.05, 0) is 32.9 Å². The highest BCUT2D eigenvalue weighted by molar-refractivity contribution is 7.09. The summed E-state index contributed by atoms with van der Waals surface area (Å²) < 4.78 is 2.12. The summed E-state index contributed by atoms with van der Waals surface area (Å²) in [6.45, 7) is 10.4. The summed E-state index contributed by atoms with van der Waals surface area (Å²) in [6, 6.07) is 2.52. The molecule has 1 atom stereocenters. The Labute approximate surface area is 125 Å². The van der Waals surface area contributed by atoms with Gasteiger partial charge in [-0.15, -0.1) is 11.3 Å². The largest absolute Gasteiger partial charge is 0.309 e. The number of likely N-dealkylation sites (N-methyl/N-ethyl adjacent to an activating group) is 1. The zero-order chi connectivity index (χ0) is 14.5. The van der Waals surface area contributed by atoms with Crippen LogP contribution < -0.4 is 5.32 Å². The minimum atomic E-state index is 0.286. The molecule has 1 unspecified atom stereocenters. The van der Waals surface area contributed by atoms with Gasteiger partial charge in [0.1, 0.15) is 0 Å². The summed E-state index contributed by atoms with van der Waals surface area (Å²) in [7, 11) is 0. The zero-order valence-electron chi connectivity index (χ0n) is 12.8. The van der Waals surface area contributed by atoms with E-state index in [1.54, 1.807) is 11.3 Å². The van der Waals surface area contributed by atoms with E-state index in [1.165, 1.54) is 17.1 Å². The lowest BCUT2D eigenvalue weighted by Crippen LogP contribution is -2.25. The van der Waals surface area contributed by atoms with Gasteiger partial charge in [0.2, 0.25) is 0 Å². The van der Waals surface area contributed by atoms with Crippen molar-refractivity contribution in [2.24, 2.45) is 0 Å². The average molecular weight is 292 g/mol. The Bertz CT molecular complexity index is 544. The molecular formula is C15H24N4S. The highest BCUT2D eigenvalue weighted by Gasteiger charge is 2.18. The smallest absolute Gasteiger partial charge is 0.0897 e. The Morgan fingerprint density at radius 3 is 2.65 bits per heavy atom. The monoisotopic (exact) mass is 292 g/mol. The second kappa shape index (κ2) is 6.99. The molecule has 0 aliphatic heterocycles. The summed E-state index contributed by atoms with van der Waals surface area (Å²) in [5, 5.41) is 11.5. The third-order valence-corrected chi connectivity index (χ3v) is 4.23. The molecule has 0 aliphatic rings. The van der Waals surface area contributed by atoms with Crippen LogP contribution in [0.5, 0.6) is 0 Å². The van der Waals surface area contributed by atoms with Gasteiger partial charge in [0.15, 0.2) is 0 Å². The minimum absolute atomic E-state index is 0.286. The lowest BCUT2D eigenvalue weighted by molar-refractivity contribution is 0.486. The van der Waals surface area contributed by atoms with Crippen molar-refractivity contribution in [3.63, 3.8) is 0 Å². The van der Waals surface area contributed by atoms with Crippen molar-refractivity contribution in [1.29, 1.82) is 0 Å². The summed E-state index contributed by atoms with van der Waals surface area (Å²) in [5.41, 5.74) is 3.61. The lowest BCUT2D eigenvalue weighted by Gasteiger charge is -2.18. The van der Waals surface area contributed by atoms with Gasteiger partial charge < -0.3 is 5.32 Å². The molecule has 0 saturated heterocycles. The van der Waals surface area contributed by atoms with E-state index in [1.807, 2.05) is 0 Å². The quantitative estimate of drug-likeness (QED) is 0.852. The molecule has 2 aromatic heterocycles. The second-order valence-corrected chi connectivity index (χ2v) is 5.96. The molecule has 5 heteroatoms. The maximum Gasteiger partial charge on any atom is 0.0897 e. The van der Waals surface area contributed by atoms with Gasteiger partial charge in [-0.2, -0.15) is 5.10 Å². The van der Waals surface area contributed by atoms with Crippen molar-refractivity contribution >= 4 is 11.3 Å². The van der Waals surface area contributed by atoms with E-state index in [-0.39, 0.29) is 6.04 Å². The Morgan fingerprint density at radius 2 is 2.10 bits per heavy atom. The first-order valence-electron chi connectivity index (χ1n) is 7.38. The fourth-order valence-electron chi connectivity index (χ4n) is 2.43. The summed E-state index contributed by atoms with van der Waals surface area (Å²) >= 11 is 1.72. The molecule has 0 spiro atoms. The Balaban J connectivity index is 2.25. The average Bonchev–Trinajstić information content (AvgIpc) is 3.04. The van der Waals surface area contributed by atoms with E-state index in [0.717, 1.165) is 30.9 Å². The van der Waals surface area contributed by atoms with Crippen LogP contribution in [0.2, 0.25) is 0 Å². The van der Waals surface area contributed by atoms with Gasteiger partial charge in [-0.25, -0.2) is 4.98 Å². The summed E-state index contributed by atoms with van der Waals surface area (Å²) in [6.07, 6.45) is 1.90. The van der Waals surface area contributed by atoms with E-state index in [0.29, 0.717) is 0 Å². The molecule has 0 amide bonds. The van der Waals surface area contributed by atoms with E-state index >= 15 is 0 Å². The molecular weight excluding hydrogens is 268 g/mol. The molecule has 0 fully saturated rings. The molecule has 0 bridgehead atoms. The summed E-state index contributed by atoms with van der Waals surface area (Å²) in [5.74, 6) is 0. The molecule has 20 heavy (non-hydrogen) atoms. The van der Waals surface area contributed by atoms with Crippen LogP contribution in [-0.2, 0) is 19.4 Å². The van der Waals surface area contributed by atoms with E-state index in [2.05, 4.69) is 59.2 Å². The molecule has 4 nitrogen and oxygen atoms in total. The number of aromatic nitrogens is 3. The van der Waals surface area contributed by atoms with Crippen molar-refractivity contribution in [3.8, 4) is 0 Å². The number of nitrogens with one attached hydrogen (secondary N) is 1. The predicted molar refractivity (Wildman–Crippen MR) is 84.3 cm³/mol. The maximum absolute atomic E-state index is 4.66. The standard InChI is InChI=1S/C15H24N4S/c1-5-12-9-15(19(7-3)18-12)14(16-6-2)8-13-10-20-11(4)17-13/h9-10,14,16H,5-8H2,1-4H3. The van der Waals surface area contributed by atoms with Crippen molar-refractivity contribution < 1.29 is 0 Å². The van der Waals surface area contributed by atoms with Crippen LogP contribution >= 0.6 is 11.3 Å². The number of thiazole rings is 1. The first-order valence-corrected chi connectivity index (χ1v) is 8.26. The first-order chi connectivity index (χ1) is 9.67. The van der Waals surface area contributed by atoms with Crippen LogP contribution in [0.3, 0.4) is 0 Å². The van der Waals surface area contributed by atoms with Gasteiger partial charge in [0.05, 0.1) is 28.1 Å². The molecule has 0 aromatic carbocycles. The number of hydrogen-bond acceptors (Lipinski definition) is 4. The molecule has 1 N–H and O–H groups in total. The Morgan fingerprint density at radius 1 is 1.30 bits per heavy atom.